The third kappa shape index (κ3) is 3.78. The summed E-state index contributed by atoms with van der Waals surface area (Å²) in [6, 6.07) is 7.91. The molecule has 0 saturated carbocycles. The molecule has 1 atom stereocenters. The average Bonchev–Trinajstić information content (AvgIpc) is 2.30. The van der Waals surface area contributed by atoms with Crippen LogP contribution < -0.4 is 5.32 Å². The number of nitriles is 1. The maximum absolute atomic E-state index is 12.8. The van der Waals surface area contributed by atoms with Gasteiger partial charge >= 0.3 is 0 Å². The number of amides is 1. The zero-order valence-corrected chi connectivity index (χ0v) is 11.7. The molecule has 1 aromatic carbocycles. The number of rotatable bonds is 3. The summed E-state index contributed by atoms with van der Waals surface area (Å²) in [6.07, 6.45) is 0.133. The first kappa shape index (κ1) is 15.2. The van der Waals surface area contributed by atoms with Crippen LogP contribution in [-0.4, -0.2) is 11.4 Å². The molecule has 1 unspecified atom stereocenters. The molecule has 0 spiro atoms. The zero-order valence-electron chi connectivity index (χ0n) is 11.7. The molecule has 0 fully saturated rings. The standard InChI is InChI=1S/C15H19FN2O/c1-14(2,3)15(4,10-17)18-13(19)9-11-5-7-12(16)8-6-11/h5-8H,9H2,1-4H3,(H,18,19). The van der Waals surface area contributed by atoms with Crippen molar-refractivity contribution in [3.63, 3.8) is 0 Å². The third-order valence-electron chi connectivity index (χ3n) is 3.39. The fourth-order valence-electron chi connectivity index (χ4n) is 1.49. The van der Waals surface area contributed by atoms with Crippen molar-refractivity contribution >= 4 is 5.91 Å². The first-order valence-electron chi connectivity index (χ1n) is 6.15. The van der Waals surface area contributed by atoms with Crippen LogP contribution in [0.3, 0.4) is 0 Å². The topological polar surface area (TPSA) is 52.9 Å². The number of nitrogens with one attached hydrogen (secondary N) is 1. The van der Waals surface area contributed by atoms with Gasteiger partial charge in [-0.05, 0) is 30.0 Å². The highest BCUT2D eigenvalue weighted by atomic mass is 19.1. The average molecular weight is 262 g/mol. The molecule has 0 aliphatic rings. The lowest BCUT2D eigenvalue weighted by Gasteiger charge is -2.36. The lowest BCUT2D eigenvalue weighted by atomic mass is 9.76. The monoisotopic (exact) mass is 262 g/mol. The Morgan fingerprint density at radius 2 is 1.79 bits per heavy atom. The maximum atomic E-state index is 12.8. The molecule has 3 nitrogen and oxygen atoms in total. The van der Waals surface area contributed by atoms with Crippen LogP contribution in [0.4, 0.5) is 4.39 Å². The van der Waals surface area contributed by atoms with Crippen LogP contribution in [0.2, 0.25) is 0 Å². The molecule has 0 aliphatic heterocycles. The lowest BCUT2D eigenvalue weighted by molar-refractivity contribution is -0.122. The van der Waals surface area contributed by atoms with E-state index in [0.29, 0.717) is 5.56 Å². The molecule has 4 heteroatoms. The van der Waals surface area contributed by atoms with Gasteiger partial charge in [-0.1, -0.05) is 32.9 Å². The van der Waals surface area contributed by atoms with E-state index in [-0.39, 0.29) is 23.6 Å². The van der Waals surface area contributed by atoms with Crippen molar-refractivity contribution in [2.24, 2.45) is 5.41 Å². The van der Waals surface area contributed by atoms with Gasteiger partial charge in [0.2, 0.25) is 5.91 Å². The van der Waals surface area contributed by atoms with Crippen LogP contribution in [-0.2, 0) is 11.2 Å². The number of halogens is 1. The first-order chi connectivity index (χ1) is 8.68. The molecular formula is C15H19FN2O. The normalized spacial score (nSPS) is 14.3. The van der Waals surface area contributed by atoms with E-state index < -0.39 is 5.54 Å². The Morgan fingerprint density at radius 1 is 1.26 bits per heavy atom. The molecule has 102 valence electrons. The van der Waals surface area contributed by atoms with Gasteiger partial charge in [-0.15, -0.1) is 0 Å². The molecule has 0 aromatic heterocycles. The molecular weight excluding hydrogens is 243 g/mol. The highest BCUT2D eigenvalue weighted by molar-refractivity contribution is 5.79. The van der Waals surface area contributed by atoms with Crippen molar-refractivity contribution in [2.75, 3.05) is 0 Å². The van der Waals surface area contributed by atoms with E-state index in [1.807, 2.05) is 20.8 Å². The largest absolute Gasteiger partial charge is 0.337 e. The molecule has 0 bridgehead atoms. The smallest absolute Gasteiger partial charge is 0.225 e. The Bertz CT molecular complexity index is 496. The van der Waals surface area contributed by atoms with Crippen LogP contribution in [0.15, 0.2) is 24.3 Å². The van der Waals surface area contributed by atoms with E-state index in [2.05, 4.69) is 11.4 Å². The van der Waals surface area contributed by atoms with Crippen molar-refractivity contribution < 1.29 is 9.18 Å². The summed E-state index contributed by atoms with van der Waals surface area (Å²) < 4.78 is 12.8. The van der Waals surface area contributed by atoms with Gasteiger partial charge in [0.25, 0.3) is 0 Å². The second-order valence-electron chi connectivity index (χ2n) is 5.84. The molecule has 1 rings (SSSR count). The Labute approximate surface area is 113 Å². The van der Waals surface area contributed by atoms with Crippen LogP contribution in [0.25, 0.3) is 0 Å². The van der Waals surface area contributed by atoms with Crippen molar-refractivity contribution in [1.82, 2.24) is 5.32 Å². The Morgan fingerprint density at radius 3 is 2.21 bits per heavy atom. The van der Waals surface area contributed by atoms with Gasteiger partial charge in [0.1, 0.15) is 11.4 Å². The SMILES string of the molecule is CC(C)(C)C(C)(C#N)NC(=O)Cc1ccc(F)cc1. The minimum absolute atomic E-state index is 0.133. The van der Waals surface area contributed by atoms with Crippen LogP contribution in [0, 0.1) is 22.6 Å². The predicted octanol–water partition coefficient (Wildman–Crippen LogP) is 2.81. The van der Waals surface area contributed by atoms with Crippen LogP contribution >= 0.6 is 0 Å². The molecule has 0 saturated heterocycles. The summed E-state index contributed by atoms with van der Waals surface area (Å²) in [7, 11) is 0. The number of carbonyl (C=O) groups is 1. The molecule has 1 aromatic rings. The van der Waals surface area contributed by atoms with Crippen molar-refractivity contribution in [3.8, 4) is 6.07 Å². The molecule has 0 radical (unpaired) electrons. The van der Waals surface area contributed by atoms with Crippen molar-refractivity contribution in [3.05, 3.63) is 35.6 Å². The lowest BCUT2D eigenvalue weighted by Crippen LogP contribution is -2.54. The van der Waals surface area contributed by atoms with Gasteiger partial charge in [-0.25, -0.2) is 4.39 Å². The fraction of sp³-hybridized carbons (Fsp3) is 0.467. The number of nitrogens with zero attached hydrogens (tertiary/aromatic N) is 1. The van der Waals surface area contributed by atoms with Crippen LogP contribution in [0.1, 0.15) is 33.3 Å². The first-order valence-corrected chi connectivity index (χ1v) is 6.15. The molecule has 0 aliphatic carbocycles. The zero-order chi connectivity index (χ0) is 14.7. The number of carbonyl (C=O) groups excluding carboxylic acids is 1. The molecule has 0 heterocycles. The van der Waals surface area contributed by atoms with E-state index >= 15 is 0 Å². The van der Waals surface area contributed by atoms with E-state index in [1.165, 1.54) is 12.1 Å². The second kappa shape index (κ2) is 5.40. The predicted molar refractivity (Wildman–Crippen MR) is 71.7 cm³/mol. The highest BCUT2D eigenvalue weighted by Crippen LogP contribution is 2.29. The van der Waals surface area contributed by atoms with Crippen molar-refractivity contribution in [1.29, 1.82) is 5.26 Å². The van der Waals surface area contributed by atoms with Gasteiger partial charge in [-0.2, -0.15) is 5.26 Å². The number of hydrogen-bond donors (Lipinski definition) is 1. The van der Waals surface area contributed by atoms with Gasteiger partial charge in [0.05, 0.1) is 12.5 Å². The summed E-state index contributed by atoms with van der Waals surface area (Å²) in [5.74, 6) is -0.578. The molecule has 1 amide bonds. The van der Waals surface area contributed by atoms with Gasteiger partial charge < -0.3 is 5.32 Å². The molecule has 1 N–H and O–H groups in total. The molecule has 19 heavy (non-hydrogen) atoms. The van der Waals surface area contributed by atoms with E-state index in [1.54, 1.807) is 19.1 Å². The van der Waals surface area contributed by atoms with E-state index in [9.17, 15) is 14.4 Å². The van der Waals surface area contributed by atoms with E-state index in [4.69, 9.17) is 0 Å². The van der Waals surface area contributed by atoms with E-state index in [0.717, 1.165) is 0 Å². The highest BCUT2D eigenvalue weighted by Gasteiger charge is 2.38. The second-order valence-corrected chi connectivity index (χ2v) is 5.84. The van der Waals surface area contributed by atoms with Gasteiger partial charge in [0.15, 0.2) is 0 Å². The summed E-state index contributed by atoms with van der Waals surface area (Å²) in [5.41, 5.74) is -0.599. The van der Waals surface area contributed by atoms with Crippen molar-refractivity contribution in [2.45, 2.75) is 39.7 Å². The number of hydrogen-bond acceptors (Lipinski definition) is 2. The summed E-state index contributed by atoms with van der Waals surface area (Å²) in [6.45, 7) is 7.40. The Balaban J connectivity index is 2.75. The summed E-state index contributed by atoms with van der Waals surface area (Å²) in [5, 5.41) is 12.0. The van der Waals surface area contributed by atoms with Gasteiger partial charge in [0, 0.05) is 0 Å². The van der Waals surface area contributed by atoms with Gasteiger partial charge in [-0.3, -0.25) is 4.79 Å². The number of benzene rings is 1. The summed E-state index contributed by atoms with van der Waals surface area (Å²) in [4.78, 5) is 12.0. The fourth-order valence-corrected chi connectivity index (χ4v) is 1.49. The van der Waals surface area contributed by atoms with Crippen LogP contribution in [0.5, 0.6) is 0 Å². The Kier molecular flexibility index (Phi) is 4.31. The minimum Gasteiger partial charge on any atom is -0.337 e. The third-order valence-corrected chi connectivity index (χ3v) is 3.39. The quantitative estimate of drug-likeness (QED) is 0.910. The summed E-state index contributed by atoms with van der Waals surface area (Å²) >= 11 is 0. The Hall–Kier alpha value is -1.89. The maximum Gasteiger partial charge on any atom is 0.225 e. The minimum atomic E-state index is -0.940.